The number of ether oxygens (including phenoxy) is 3. The average Bonchev–Trinajstić information content (AvgIpc) is 2.88. The van der Waals surface area contributed by atoms with Gasteiger partial charge in [0.05, 0.1) is 34.4 Å². The Labute approximate surface area is 236 Å². The molecule has 220 valence electrons. The quantitative estimate of drug-likeness (QED) is 0.310. The Morgan fingerprint density at radius 1 is 1.07 bits per heavy atom. The summed E-state index contributed by atoms with van der Waals surface area (Å²) in [5.74, 6) is -2.49. The van der Waals surface area contributed by atoms with Gasteiger partial charge in [0.1, 0.15) is 35.1 Å². The molecule has 0 radical (unpaired) electrons. The van der Waals surface area contributed by atoms with Crippen molar-refractivity contribution in [3.05, 3.63) is 51.1 Å². The molecule has 41 heavy (non-hydrogen) atoms. The van der Waals surface area contributed by atoms with Gasteiger partial charge in [-0.05, 0) is 52.1 Å². The van der Waals surface area contributed by atoms with Crippen molar-refractivity contribution in [1.29, 1.82) is 0 Å². The number of likely N-dealkylation sites (N-methyl/N-ethyl adjacent to an activating group) is 1. The molecule has 11 heteroatoms. The van der Waals surface area contributed by atoms with Crippen LogP contribution in [-0.2, 0) is 21.5 Å². The zero-order valence-corrected chi connectivity index (χ0v) is 23.6. The molecule has 0 aromatic heterocycles. The highest BCUT2D eigenvalue weighted by Crippen LogP contribution is 2.54. The molecule has 0 unspecified atom stereocenters. The van der Waals surface area contributed by atoms with E-state index < -0.39 is 64.9 Å². The Kier molecular flexibility index (Phi) is 6.31. The van der Waals surface area contributed by atoms with Crippen LogP contribution in [-0.4, -0.2) is 92.8 Å². The number of aromatic hydroxyl groups is 2. The molecule has 5 N–H and O–H groups in total. The van der Waals surface area contributed by atoms with E-state index in [0.29, 0.717) is 24.2 Å². The molecule has 0 amide bonds. The van der Waals surface area contributed by atoms with Crippen molar-refractivity contribution in [2.24, 2.45) is 0 Å². The average molecular weight is 570 g/mol. The molecule has 2 aromatic rings. The maximum Gasteiger partial charge on any atom is 0.228 e. The van der Waals surface area contributed by atoms with Crippen LogP contribution in [0.1, 0.15) is 88.3 Å². The van der Waals surface area contributed by atoms with Crippen molar-refractivity contribution >= 4 is 11.6 Å². The van der Waals surface area contributed by atoms with E-state index in [1.807, 2.05) is 6.92 Å². The van der Waals surface area contributed by atoms with Gasteiger partial charge in [0.2, 0.25) is 12.1 Å². The molecule has 1 saturated heterocycles. The molecule has 2 aromatic carbocycles. The minimum atomic E-state index is -1.50. The minimum Gasteiger partial charge on any atom is -0.507 e. The first-order chi connectivity index (χ1) is 19.2. The number of hydrogen-bond donors (Lipinski definition) is 5. The van der Waals surface area contributed by atoms with Gasteiger partial charge in [0.25, 0.3) is 0 Å². The lowest BCUT2D eigenvalue weighted by Gasteiger charge is -2.53. The number of ketones is 2. The highest BCUT2D eigenvalue weighted by atomic mass is 16.7. The number of carbonyl (C=O) groups excluding carboxylic acids is 2. The molecule has 2 bridgehead atoms. The molecule has 0 spiro atoms. The summed E-state index contributed by atoms with van der Waals surface area (Å²) >= 11 is 0. The second kappa shape index (κ2) is 9.22. The molecular formula is C30H35NO10. The second-order valence-corrected chi connectivity index (χ2v) is 12.2. The number of fused-ring (bicyclic) bond motifs is 8. The molecule has 11 nitrogen and oxygen atoms in total. The Balaban J connectivity index is 1.55. The summed E-state index contributed by atoms with van der Waals surface area (Å²) in [5, 5.41) is 55.9. The summed E-state index contributed by atoms with van der Waals surface area (Å²) in [6.07, 6.45) is -3.55. The molecule has 1 fully saturated rings. The summed E-state index contributed by atoms with van der Waals surface area (Å²) in [6.45, 7) is 5.52. The monoisotopic (exact) mass is 569 g/mol. The Morgan fingerprint density at radius 3 is 2.44 bits per heavy atom. The maximum atomic E-state index is 14.2. The van der Waals surface area contributed by atoms with Crippen LogP contribution in [0.2, 0.25) is 0 Å². The number of rotatable bonds is 4. The topological polar surface area (TPSA) is 166 Å². The molecule has 0 saturated carbocycles. The van der Waals surface area contributed by atoms with Gasteiger partial charge in [-0.2, -0.15) is 0 Å². The number of benzene rings is 2. The lowest BCUT2D eigenvalue weighted by atomic mass is 9.72. The molecule has 7 atom stereocenters. The van der Waals surface area contributed by atoms with Gasteiger partial charge in [-0.15, -0.1) is 0 Å². The van der Waals surface area contributed by atoms with Crippen LogP contribution in [0.4, 0.5) is 0 Å². The smallest absolute Gasteiger partial charge is 0.228 e. The zero-order valence-electron chi connectivity index (χ0n) is 23.6. The number of phenolic OH excluding ortho intramolecular Hbond substituents is 2. The van der Waals surface area contributed by atoms with Crippen LogP contribution in [0, 0.1) is 0 Å². The first-order valence-corrected chi connectivity index (χ1v) is 13.8. The number of aliphatic hydroxyl groups excluding tert-OH is 2. The van der Waals surface area contributed by atoms with Gasteiger partial charge < -0.3 is 44.6 Å². The summed E-state index contributed by atoms with van der Waals surface area (Å²) in [7, 11) is 3.38. The summed E-state index contributed by atoms with van der Waals surface area (Å²) in [4.78, 5) is 29.8. The third kappa shape index (κ3) is 3.87. The van der Waals surface area contributed by atoms with Gasteiger partial charge in [-0.3, -0.25) is 9.59 Å². The van der Waals surface area contributed by atoms with Crippen LogP contribution < -0.4 is 4.74 Å². The van der Waals surface area contributed by atoms with E-state index in [1.165, 1.54) is 12.1 Å². The van der Waals surface area contributed by atoms with Crippen LogP contribution in [0.15, 0.2) is 12.1 Å². The number of aliphatic hydroxyl groups is 3. The number of phenols is 2. The van der Waals surface area contributed by atoms with E-state index in [4.69, 9.17) is 14.2 Å². The third-order valence-corrected chi connectivity index (χ3v) is 8.89. The van der Waals surface area contributed by atoms with E-state index in [-0.39, 0.29) is 46.4 Å². The molecular weight excluding hydrogens is 534 g/mol. The predicted molar refractivity (Wildman–Crippen MR) is 143 cm³/mol. The van der Waals surface area contributed by atoms with Gasteiger partial charge >= 0.3 is 0 Å². The van der Waals surface area contributed by atoms with Crippen molar-refractivity contribution in [2.45, 2.75) is 81.9 Å². The van der Waals surface area contributed by atoms with Crippen molar-refractivity contribution in [3.8, 4) is 17.2 Å². The van der Waals surface area contributed by atoms with Gasteiger partial charge in [0.15, 0.2) is 5.78 Å². The van der Waals surface area contributed by atoms with E-state index in [2.05, 4.69) is 0 Å². The molecule has 4 aliphatic rings. The molecule has 2 aliphatic heterocycles. The third-order valence-electron chi connectivity index (χ3n) is 8.89. The first-order valence-electron chi connectivity index (χ1n) is 13.8. The van der Waals surface area contributed by atoms with Crippen molar-refractivity contribution in [3.63, 3.8) is 0 Å². The molecule has 2 heterocycles. The normalized spacial score (nSPS) is 33.5. The predicted octanol–water partition coefficient (Wildman–Crippen LogP) is 1.65. The van der Waals surface area contributed by atoms with Crippen molar-refractivity contribution in [2.75, 3.05) is 20.7 Å². The van der Waals surface area contributed by atoms with Gasteiger partial charge in [-0.25, -0.2) is 0 Å². The summed E-state index contributed by atoms with van der Waals surface area (Å²) < 4.78 is 17.9. The van der Waals surface area contributed by atoms with Crippen molar-refractivity contribution in [1.82, 2.24) is 4.90 Å². The standard InChI is InChI=1S/C30H35NO10/c1-6-7-39-16-11-29(2,38)10-12-8-13-18(23(34)17(12)16)24(35)19-15(32)9-14-26(20(19)22(13)33)40-28-25(36)21(31(4)5)27(37)30(14,3)41-28/h8-9,16,21,25,27-28,32,34,36-38H,6-7,10-11H2,1-5H3/t16-,21+,25-,27+,28+,29-,30-/m0/s1. The van der Waals surface area contributed by atoms with Gasteiger partial charge in [0, 0.05) is 36.1 Å². The zero-order chi connectivity index (χ0) is 29.8. The van der Waals surface area contributed by atoms with Crippen molar-refractivity contribution < 1.29 is 49.3 Å². The summed E-state index contributed by atoms with van der Waals surface area (Å²) in [5.41, 5.74) is -2.64. The lowest BCUT2D eigenvalue weighted by Crippen LogP contribution is -2.68. The van der Waals surface area contributed by atoms with E-state index in [1.54, 1.807) is 32.8 Å². The fraction of sp³-hybridized carbons (Fsp3) is 0.533. The van der Waals surface area contributed by atoms with Crippen LogP contribution in [0.5, 0.6) is 17.2 Å². The highest BCUT2D eigenvalue weighted by molar-refractivity contribution is 6.31. The minimum absolute atomic E-state index is 0.0794. The fourth-order valence-corrected chi connectivity index (χ4v) is 6.96. The largest absolute Gasteiger partial charge is 0.507 e. The van der Waals surface area contributed by atoms with E-state index >= 15 is 0 Å². The maximum absolute atomic E-state index is 14.2. The second-order valence-electron chi connectivity index (χ2n) is 12.2. The van der Waals surface area contributed by atoms with E-state index in [0.717, 1.165) is 0 Å². The Hall–Kier alpha value is -3.06. The number of carbonyl (C=O) groups is 2. The fourth-order valence-electron chi connectivity index (χ4n) is 6.96. The molecule has 6 rings (SSSR count). The Morgan fingerprint density at radius 2 is 1.78 bits per heavy atom. The SMILES string of the molecule is CCCO[C@H]1C[C@@](C)(O)Cc2cc3c(c(O)c21)C(=O)c1c(O)cc2c(c1C3=O)O[C@@H]1O[C@]2(C)[C@H](O)[C@H](N(C)C)[C@@H]1O. The number of hydrogen-bond acceptors (Lipinski definition) is 11. The highest BCUT2D eigenvalue weighted by Gasteiger charge is 2.59. The van der Waals surface area contributed by atoms with E-state index in [9.17, 15) is 35.1 Å². The Bertz CT molecular complexity index is 1480. The number of nitrogens with zero attached hydrogens (tertiary/aromatic N) is 1. The van der Waals surface area contributed by atoms with Crippen LogP contribution in [0.3, 0.4) is 0 Å². The van der Waals surface area contributed by atoms with Crippen LogP contribution in [0.25, 0.3) is 0 Å². The van der Waals surface area contributed by atoms with Gasteiger partial charge in [-0.1, -0.05) is 6.92 Å². The molecule has 2 aliphatic carbocycles. The van der Waals surface area contributed by atoms with Crippen LogP contribution >= 0.6 is 0 Å². The first kappa shape index (κ1) is 28.1. The summed E-state index contributed by atoms with van der Waals surface area (Å²) in [6, 6.07) is 1.93. The lowest BCUT2D eigenvalue weighted by molar-refractivity contribution is -0.311.